The summed E-state index contributed by atoms with van der Waals surface area (Å²) in [6, 6.07) is 8.55. The molecule has 13 heteroatoms. The lowest BCUT2D eigenvalue weighted by Crippen LogP contribution is -2.43. The van der Waals surface area contributed by atoms with E-state index in [0.717, 1.165) is 37.1 Å². The van der Waals surface area contributed by atoms with Gasteiger partial charge in [-0.1, -0.05) is 0 Å². The molecule has 0 spiro atoms. The van der Waals surface area contributed by atoms with Gasteiger partial charge in [0.1, 0.15) is 11.3 Å². The third-order valence-electron chi connectivity index (χ3n) is 6.15. The van der Waals surface area contributed by atoms with Crippen LogP contribution in [0.5, 0.6) is 11.8 Å². The van der Waals surface area contributed by atoms with Crippen LogP contribution in [0.25, 0.3) is 11.0 Å². The summed E-state index contributed by atoms with van der Waals surface area (Å²) in [5.41, 5.74) is 1.11. The maximum Gasteiger partial charge on any atom is 0.340 e. The maximum absolute atomic E-state index is 15.3. The standard InChI is InChI=1S/C25H26FN7O4S/c1-27-38(35)32-23-22(26)16(5-8-29-23)13-19-20(15-33-11-9-28-10-12-33)18-4-3-17(14-21(18)37-24(19)34)36-25-30-6-2-7-31-25/h2-8,14,27-28H,9-13,15H2,1H3,(H,29,32). The molecule has 1 aliphatic heterocycles. The average molecular weight is 540 g/mol. The molecule has 11 nitrogen and oxygen atoms in total. The van der Waals surface area contributed by atoms with Crippen molar-refractivity contribution in [2.45, 2.75) is 13.0 Å². The largest absolute Gasteiger partial charge is 0.424 e. The number of nitrogens with one attached hydrogen (secondary N) is 3. The molecular weight excluding hydrogens is 513 g/mol. The van der Waals surface area contributed by atoms with Gasteiger partial charge in [0.25, 0.3) is 0 Å². The normalized spacial score (nSPS) is 14.9. The molecule has 1 aromatic carbocycles. The number of benzene rings is 1. The van der Waals surface area contributed by atoms with E-state index >= 15 is 4.39 Å². The van der Waals surface area contributed by atoms with E-state index in [1.165, 1.54) is 19.3 Å². The Morgan fingerprint density at radius 3 is 2.68 bits per heavy atom. The molecule has 0 radical (unpaired) electrons. The lowest BCUT2D eigenvalue weighted by atomic mass is 9.98. The fourth-order valence-electron chi connectivity index (χ4n) is 4.26. The van der Waals surface area contributed by atoms with E-state index in [1.807, 2.05) is 6.07 Å². The van der Waals surface area contributed by atoms with Gasteiger partial charge < -0.3 is 14.5 Å². The van der Waals surface area contributed by atoms with Crippen LogP contribution in [0.2, 0.25) is 0 Å². The fourth-order valence-corrected chi connectivity index (χ4v) is 4.68. The predicted molar refractivity (Wildman–Crippen MR) is 141 cm³/mol. The fraction of sp³-hybridized carbons (Fsp3) is 0.280. The highest BCUT2D eigenvalue weighted by Crippen LogP contribution is 2.29. The zero-order valence-electron chi connectivity index (χ0n) is 20.6. The Morgan fingerprint density at radius 1 is 1.13 bits per heavy atom. The van der Waals surface area contributed by atoms with Gasteiger partial charge >= 0.3 is 11.6 Å². The second-order valence-electron chi connectivity index (χ2n) is 8.55. The molecule has 0 amide bonds. The van der Waals surface area contributed by atoms with E-state index in [1.54, 1.807) is 30.6 Å². The highest BCUT2D eigenvalue weighted by molar-refractivity contribution is 7.84. The zero-order chi connectivity index (χ0) is 26.5. The lowest BCUT2D eigenvalue weighted by molar-refractivity contribution is 0.233. The molecule has 4 heterocycles. The van der Waals surface area contributed by atoms with Crippen molar-refractivity contribution in [3.8, 4) is 11.8 Å². The van der Waals surface area contributed by atoms with E-state index < -0.39 is 22.6 Å². The number of anilines is 1. The van der Waals surface area contributed by atoms with Crippen LogP contribution in [0.3, 0.4) is 0 Å². The predicted octanol–water partition coefficient (Wildman–Crippen LogP) is 2.12. The molecule has 5 rings (SSSR count). The smallest absolute Gasteiger partial charge is 0.340 e. The van der Waals surface area contributed by atoms with Crippen molar-refractivity contribution in [1.82, 2.24) is 29.9 Å². The average Bonchev–Trinajstić information content (AvgIpc) is 2.93. The van der Waals surface area contributed by atoms with E-state index in [-0.39, 0.29) is 23.8 Å². The Kier molecular flexibility index (Phi) is 7.98. The Balaban J connectivity index is 1.55. The molecule has 3 N–H and O–H groups in total. The maximum atomic E-state index is 15.3. The van der Waals surface area contributed by atoms with E-state index in [0.29, 0.717) is 23.4 Å². The summed E-state index contributed by atoms with van der Waals surface area (Å²) in [5.74, 6) is -0.439. The number of hydrogen-bond donors (Lipinski definition) is 3. The van der Waals surface area contributed by atoms with Gasteiger partial charge in [0.05, 0.1) is 0 Å². The Bertz CT molecular complexity index is 1510. The molecule has 1 unspecified atom stereocenters. The third-order valence-corrected chi connectivity index (χ3v) is 6.89. The minimum Gasteiger partial charge on any atom is -0.424 e. The van der Waals surface area contributed by atoms with Crippen molar-refractivity contribution < 1.29 is 17.8 Å². The number of hydrogen-bond acceptors (Lipinski definition) is 9. The Morgan fingerprint density at radius 2 is 1.92 bits per heavy atom. The molecule has 0 saturated carbocycles. The summed E-state index contributed by atoms with van der Waals surface area (Å²) < 4.78 is 43.5. The van der Waals surface area contributed by atoms with Gasteiger partial charge in [-0.25, -0.2) is 33.1 Å². The van der Waals surface area contributed by atoms with Crippen molar-refractivity contribution in [3.63, 3.8) is 0 Å². The highest BCUT2D eigenvalue weighted by Gasteiger charge is 2.22. The topological polar surface area (TPSA) is 135 Å². The van der Waals surface area contributed by atoms with Crippen molar-refractivity contribution in [2.24, 2.45) is 0 Å². The first-order valence-electron chi connectivity index (χ1n) is 12.0. The molecule has 198 valence electrons. The van der Waals surface area contributed by atoms with E-state index in [2.05, 4.69) is 34.6 Å². The number of halogens is 1. The van der Waals surface area contributed by atoms with Gasteiger partial charge in [0.2, 0.25) is 0 Å². The summed E-state index contributed by atoms with van der Waals surface area (Å²) >= 11 is -1.71. The molecule has 3 aromatic heterocycles. The molecule has 4 aromatic rings. The van der Waals surface area contributed by atoms with Gasteiger partial charge in [0.15, 0.2) is 22.8 Å². The van der Waals surface area contributed by atoms with Gasteiger partial charge in [-0.15, -0.1) is 0 Å². The quantitative estimate of drug-likeness (QED) is 0.273. The molecule has 1 atom stereocenters. The van der Waals surface area contributed by atoms with Crippen molar-refractivity contribution in [3.05, 3.63) is 81.9 Å². The van der Waals surface area contributed by atoms with Crippen LogP contribution in [0.15, 0.2) is 58.1 Å². The molecule has 38 heavy (non-hydrogen) atoms. The van der Waals surface area contributed by atoms with Crippen LogP contribution in [0.4, 0.5) is 10.2 Å². The number of nitrogens with zero attached hydrogens (tertiary/aromatic N) is 4. The van der Waals surface area contributed by atoms with Crippen molar-refractivity contribution in [2.75, 3.05) is 37.9 Å². The van der Waals surface area contributed by atoms with E-state index in [9.17, 15) is 9.00 Å². The minimum atomic E-state index is -1.71. The van der Waals surface area contributed by atoms with Crippen LogP contribution >= 0.6 is 0 Å². The Labute approximate surface area is 220 Å². The molecule has 0 aliphatic carbocycles. The molecule has 0 bridgehead atoms. The third kappa shape index (κ3) is 5.86. The summed E-state index contributed by atoms with van der Waals surface area (Å²) in [6.07, 6.45) is 4.51. The summed E-state index contributed by atoms with van der Waals surface area (Å²) in [4.78, 5) is 27.6. The first kappa shape index (κ1) is 25.9. The molecule has 1 aliphatic rings. The number of rotatable bonds is 9. The lowest BCUT2D eigenvalue weighted by Gasteiger charge is -2.28. The number of fused-ring (bicyclic) bond motifs is 1. The minimum absolute atomic E-state index is 0.0228. The van der Waals surface area contributed by atoms with Gasteiger partial charge in [-0.05, 0) is 42.4 Å². The molecular formula is C25H26FN7O4S. The summed E-state index contributed by atoms with van der Waals surface area (Å²) in [7, 11) is 1.47. The van der Waals surface area contributed by atoms with Gasteiger partial charge in [0, 0.05) is 74.8 Å². The van der Waals surface area contributed by atoms with Crippen LogP contribution in [0.1, 0.15) is 16.7 Å². The monoisotopic (exact) mass is 539 g/mol. The first-order valence-corrected chi connectivity index (χ1v) is 13.1. The summed E-state index contributed by atoms with van der Waals surface area (Å²) in [6.45, 7) is 3.77. The molecule has 1 fully saturated rings. The first-order chi connectivity index (χ1) is 18.5. The molecule has 1 saturated heterocycles. The SMILES string of the molecule is CNS(=O)Nc1nccc(Cc2c(CN3CCNCC3)c3ccc(Oc4ncccn4)cc3oc2=O)c1F. The van der Waals surface area contributed by atoms with Crippen molar-refractivity contribution >= 4 is 28.0 Å². The number of piperazine rings is 1. The second kappa shape index (κ2) is 11.7. The number of aromatic nitrogens is 3. The van der Waals surface area contributed by atoms with Crippen LogP contribution < -0.4 is 25.1 Å². The number of pyridine rings is 1. The van der Waals surface area contributed by atoms with Crippen LogP contribution in [0, 0.1) is 5.82 Å². The van der Waals surface area contributed by atoms with E-state index in [4.69, 9.17) is 9.15 Å². The second-order valence-corrected chi connectivity index (χ2v) is 9.70. The zero-order valence-corrected chi connectivity index (χ0v) is 21.4. The number of ether oxygens (including phenoxy) is 1. The summed E-state index contributed by atoms with van der Waals surface area (Å²) in [5, 5.41) is 4.05. The van der Waals surface area contributed by atoms with Gasteiger partial charge in [-0.2, -0.15) is 0 Å². The van der Waals surface area contributed by atoms with Crippen molar-refractivity contribution in [1.29, 1.82) is 0 Å². The van der Waals surface area contributed by atoms with Crippen LogP contribution in [-0.4, -0.2) is 57.3 Å². The highest BCUT2D eigenvalue weighted by atomic mass is 32.2. The van der Waals surface area contributed by atoms with Crippen LogP contribution in [-0.2, 0) is 24.1 Å². The Hall–Kier alpha value is -3.78. The van der Waals surface area contributed by atoms with Gasteiger partial charge in [-0.3, -0.25) is 9.62 Å².